The molecule has 0 aromatic carbocycles. The van der Waals surface area contributed by atoms with Gasteiger partial charge in [-0.15, -0.1) is 11.3 Å². The molecule has 1 aromatic heterocycles. The summed E-state index contributed by atoms with van der Waals surface area (Å²) >= 11 is 1.57. The van der Waals surface area contributed by atoms with Crippen LogP contribution in [-0.2, 0) is 16.6 Å². The third-order valence-electron chi connectivity index (χ3n) is 2.75. The molecule has 4 nitrogen and oxygen atoms in total. The van der Waals surface area contributed by atoms with Crippen molar-refractivity contribution in [1.82, 2.24) is 10.0 Å². The van der Waals surface area contributed by atoms with Crippen LogP contribution in [0, 0.1) is 0 Å². The van der Waals surface area contributed by atoms with Gasteiger partial charge in [-0.3, -0.25) is 0 Å². The molecule has 1 saturated heterocycles. The molecule has 1 aliphatic heterocycles. The SMILES string of the molecule is O=S(=O)(NCc1cccs1)C1CCNCC1. The Morgan fingerprint density at radius 1 is 1.44 bits per heavy atom. The number of hydrogen-bond acceptors (Lipinski definition) is 4. The second-order valence-electron chi connectivity index (χ2n) is 3.89. The quantitative estimate of drug-likeness (QED) is 0.846. The Bertz CT molecular complexity index is 408. The molecule has 0 saturated carbocycles. The van der Waals surface area contributed by atoms with Gasteiger partial charge in [-0.2, -0.15) is 0 Å². The van der Waals surface area contributed by atoms with Gasteiger partial charge in [-0.1, -0.05) is 6.07 Å². The van der Waals surface area contributed by atoms with Crippen molar-refractivity contribution in [3.05, 3.63) is 22.4 Å². The van der Waals surface area contributed by atoms with E-state index in [4.69, 9.17) is 0 Å². The van der Waals surface area contributed by atoms with E-state index in [2.05, 4.69) is 10.0 Å². The van der Waals surface area contributed by atoms with Crippen molar-refractivity contribution in [3.8, 4) is 0 Å². The molecule has 0 amide bonds. The highest BCUT2D eigenvalue weighted by Gasteiger charge is 2.26. The van der Waals surface area contributed by atoms with Gasteiger partial charge in [0.1, 0.15) is 0 Å². The third kappa shape index (κ3) is 3.04. The number of sulfonamides is 1. The predicted octanol–water partition coefficient (Wildman–Crippen LogP) is 0.919. The van der Waals surface area contributed by atoms with E-state index >= 15 is 0 Å². The molecule has 1 fully saturated rings. The van der Waals surface area contributed by atoms with Crippen LogP contribution in [-0.4, -0.2) is 26.8 Å². The van der Waals surface area contributed by atoms with Crippen LogP contribution in [0.1, 0.15) is 17.7 Å². The minimum atomic E-state index is -3.14. The molecule has 6 heteroatoms. The van der Waals surface area contributed by atoms with Crippen LogP contribution in [0.3, 0.4) is 0 Å². The molecule has 0 spiro atoms. The summed E-state index contributed by atoms with van der Waals surface area (Å²) in [7, 11) is -3.14. The summed E-state index contributed by atoms with van der Waals surface area (Å²) in [5.74, 6) is 0. The van der Waals surface area contributed by atoms with Crippen LogP contribution in [0.25, 0.3) is 0 Å². The second kappa shape index (κ2) is 5.27. The van der Waals surface area contributed by atoms with E-state index in [0.29, 0.717) is 19.4 Å². The number of thiophene rings is 1. The number of rotatable bonds is 4. The Kier molecular flexibility index (Phi) is 3.96. The lowest BCUT2D eigenvalue weighted by Gasteiger charge is -2.22. The molecule has 1 aromatic rings. The zero-order chi connectivity index (χ0) is 11.4. The van der Waals surface area contributed by atoms with E-state index in [1.165, 1.54) is 0 Å². The Balaban J connectivity index is 1.91. The average molecular weight is 260 g/mol. The zero-order valence-corrected chi connectivity index (χ0v) is 10.6. The van der Waals surface area contributed by atoms with Crippen molar-refractivity contribution < 1.29 is 8.42 Å². The monoisotopic (exact) mass is 260 g/mol. The van der Waals surface area contributed by atoms with E-state index in [-0.39, 0.29) is 5.25 Å². The fourth-order valence-corrected chi connectivity index (χ4v) is 3.99. The van der Waals surface area contributed by atoms with Crippen LogP contribution in [0.2, 0.25) is 0 Å². The highest BCUT2D eigenvalue weighted by Crippen LogP contribution is 2.14. The third-order valence-corrected chi connectivity index (χ3v) is 5.52. The Labute approximate surface area is 100 Å². The highest BCUT2D eigenvalue weighted by atomic mass is 32.2. The fraction of sp³-hybridized carbons (Fsp3) is 0.600. The summed E-state index contributed by atoms with van der Waals surface area (Å²) in [5.41, 5.74) is 0. The molecule has 0 atom stereocenters. The predicted molar refractivity (Wildman–Crippen MR) is 66.0 cm³/mol. The zero-order valence-electron chi connectivity index (χ0n) is 8.98. The van der Waals surface area contributed by atoms with Gasteiger partial charge in [0.05, 0.1) is 5.25 Å². The molecule has 0 unspecified atom stereocenters. The molecule has 0 aliphatic carbocycles. The van der Waals surface area contributed by atoms with Crippen molar-refractivity contribution in [2.75, 3.05) is 13.1 Å². The van der Waals surface area contributed by atoms with Gasteiger partial charge in [0, 0.05) is 11.4 Å². The molecule has 2 N–H and O–H groups in total. The first-order valence-corrected chi connectivity index (χ1v) is 7.83. The number of nitrogens with one attached hydrogen (secondary N) is 2. The summed E-state index contributed by atoms with van der Waals surface area (Å²) in [6.07, 6.45) is 1.42. The average Bonchev–Trinajstić information content (AvgIpc) is 2.81. The maximum atomic E-state index is 11.9. The van der Waals surface area contributed by atoms with E-state index < -0.39 is 10.0 Å². The maximum absolute atomic E-state index is 11.9. The maximum Gasteiger partial charge on any atom is 0.214 e. The molecular weight excluding hydrogens is 244 g/mol. The minimum Gasteiger partial charge on any atom is -0.317 e. The largest absolute Gasteiger partial charge is 0.317 e. The van der Waals surface area contributed by atoms with Crippen molar-refractivity contribution in [2.24, 2.45) is 0 Å². The molecule has 0 radical (unpaired) electrons. The van der Waals surface area contributed by atoms with Crippen molar-refractivity contribution in [2.45, 2.75) is 24.6 Å². The summed E-state index contributed by atoms with van der Waals surface area (Å²) in [5, 5.41) is 4.89. The molecule has 2 rings (SSSR count). The Hall–Kier alpha value is -0.430. The van der Waals surface area contributed by atoms with Gasteiger partial charge in [-0.05, 0) is 37.4 Å². The Morgan fingerprint density at radius 3 is 2.81 bits per heavy atom. The van der Waals surface area contributed by atoms with Gasteiger partial charge in [0.15, 0.2) is 0 Å². The summed E-state index contributed by atoms with van der Waals surface area (Å²) in [6.45, 7) is 2.01. The molecule has 1 aliphatic rings. The highest BCUT2D eigenvalue weighted by molar-refractivity contribution is 7.90. The lowest BCUT2D eigenvalue weighted by atomic mass is 10.2. The lowest BCUT2D eigenvalue weighted by Crippen LogP contribution is -2.41. The Morgan fingerprint density at radius 2 is 2.19 bits per heavy atom. The fourth-order valence-electron chi connectivity index (χ4n) is 1.81. The first-order valence-electron chi connectivity index (χ1n) is 5.40. The first kappa shape index (κ1) is 12.0. The van der Waals surface area contributed by atoms with Crippen molar-refractivity contribution >= 4 is 21.4 Å². The van der Waals surface area contributed by atoms with Crippen molar-refractivity contribution in [3.63, 3.8) is 0 Å². The van der Waals surface area contributed by atoms with Gasteiger partial charge < -0.3 is 5.32 Å². The van der Waals surface area contributed by atoms with E-state index in [9.17, 15) is 8.42 Å². The van der Waals surface area contributed by atoms with Crippen LogP contribution in [0.4, 0.5) is 0 Å². The number of hydrogen-bond donors (Lipinski definition) is 2. The summed E-state index contributed by atoms with van der Waals surface area (Å²) < 4.78 is 26.6. The molecule has 16 heavy (non-hydrogen) atoms. The smallest absolute Gasteiger partial charge is 0.214 e. The molecule has 2 heterocycles. The normalized spacial score (nSPS) is 18.8. The topological polar surface area (TPSA) is 58.2 Å². The standard InChI is InChI=1S/C10H16N2O2S2/c13-16(14,10-3-5-11-6-4-10)12-8-9-2-1-7-15-9/h1-2,7,10-12H,3-6,8H2. The van der Waals surface area contributed by atoms with Crippen LogP contribution >= 0.6 is 11.3 Å². The summed E-state index contributed by atoms with van der Waals surface area (Å²) in [6, 6.07) is 3.87. The van der Waals surface area contributed by atoms with Gasteiger partial charge >= 0.3 is 0 Å². The first-order chi connectivity index (χ1) is 7.68. The van der Waals surface area contributed by atoms with Gasteiger partial charge in [0.25, 0.3) is 0 Å². The van der Waals surface area contributed by atoms with Crippen LogP contribution in [0.5, 0.6) is 0 Å². The lowest BCUT2D eigenvalue weighted by molar-refractivity contribution is 0.489. The molecular formula is C10H16N2O2S2. The molecule has 0 bridgehead atoms. The molecule has 90 valence electrons. The minimum absolute atomic E-state index is 0.228. The second-order valence-corrected chi connectivity index (χ2v) is 6.97. The van der Waals surface area contributed by atoms with Gasteiger partial charge in [0.2, 0.25) is 10.0 Å². The van der Waals surface area contributed by atoms with Crippen LogP contribution < -0.4 is 10.0 Å². The van der Waals surface area contributed by atoms with Gasteiger partial charge in [-0.25, -0.2) is 13.1 Å². The number of piperidine rings is 1. The van der Waals surface area contributed by atoms with E-state index in [1.54, 1.807) is 11.3 Å². The van der Waals surface area contributed by atoms with Crippen molar-refractivity contribution in [1.29, 1.82) is 0 Å². The van der Waals surface area contributed by atoms with E-state index in [0.717, 1.165) is 18.0 Å². The van der Waals surface area contributed by atoms with Crippen LogP contribution in [0.15, 0.2) is 17.5 Å². The summed E-state index contributed by atoms with van der Waals surface area (Å²) in [4.78, 5) is 1.05. The van der Waals surface area contributed by atoms with E-state index in [1.807, 2.05) is 17.5 Å².